The van der Waals surface area contributed by atoms with Crippen LogP contribution in [-0.2, 0) is 4.79 Å². The first-order chi connectivity index (χ1) is 9.10. The van der Waals surface area contributed by atoms with Crippen molar-refractivity contribution in [2.45, 2.75) is 18.9 Å². The van der Waals surface area contributed by atoms with E-state index < -0.39 is 0 Å². The summed E-state index contributed by atoms with van der Waals surface area (Å²) in [4.78, 5) is 22.9. The van der Waals surface area contributed by atoms with Crippen molar-refractivity contribution in [2.75, 3.05) is 19.4 Å². The number of hydrogen-bond acceptors (Lipinski definition) is 4. The Morgan fingerprint density at radius 3 is 2.95 bits per heavy atom. The number of methoxy groups -OCH3 is 1. The van der Waals surface area contributed by atoms with E-state index in [0.29, 0.717) is 30.0 Å². The molecule has 1 heterocycles. The second-order valence-electron chi connectivity index (χ2n) is 4.47. The lowest BCUT2D eigenvalue weighted by molar-refractivity contribution is -0.119. The normalized spacial score (nSPS) is 17.9. The maximum absolute atomic E-state index is 11.9. The lowest BCUT2D eigenvalue weighted by Crippen LogP contribution is -2.38. The van der Waals surface area contributed by atoms with Gasteiger partial charge in [0.2, 0.25) is 5.91 Å². The molecular weight excluding hydrogens is 246 g/mol. The van der Waals surface area contributed by atoms with Crippen LogP contribution in [-0.4, -0.2) is 31.5 Å². The number of anilines is 1. The number of benzene rings is 1. The van der Waals surface area contributed by atoms with Gasteiger partial charge in [0.15, 0.2) is 0 Å². The number of carbonyl (C=O) groups is 2. The molecule has 2 rings (SSSR count). The van der Waals surface area contributed by atoms with Crippen molar-refractivity contribution in [3.05, 3.63) is 23.8 Å². The van der Waals surface area contributed by atoms with Crippen LogP contribution >= 0.6 is 0 Å². The van der Waals surface area contributed by atoms with Crippen LogP contribution in [0.25, 0.3) is 0 Å². The standard InChI is InChI=1S/C13H17N3O3/c1-19-11-4-2-8(6-10(11)14)13(18)15-7-9-3-5-12(17)16-9/h2,4,6,9H,3,5,7,14H2,1H3,(H,15,18)(H,16,17). The maximum Gasteiger partial charge on any atom is 0.251 e. The monoisotopic (exact) mass is 263 g/mol. The summed E-state index contributed by atoms with van der Waals surface area (Å²) in [6, 6.07) is 4.90. The highest BCUT2D eigenvalue weighted by atomic mass is 16.5. The molecule has 1 aliphatic heterocycles. The van der Waals surface area contributed by atoms with Gasteiger partial charge in [-0.3, -0.25) is 9.59 Å². The zero-order valence-corrected chi connectivity index (χ0v) is 10.7. The van der Waals surface area contributed by atoms with Gasteiger partial charge in [0.25, 0.3) is 5.91 Å². The summed E-state index contributed by atoms with van der Waals surface area (Å²) < 4.78 is 5.03. The highest BCUT2D eigenvalue weighted by molar-refractivity contribution is 5.95. The molecule has 1 aromatic rings. The molecule has 2 amide bonds. The van der Waals surface area contributed by atoms with Crippen LogP contribution in [0.15, 0.2) is 18.2 Å². The maximum atomic E-state index is 11.9. The smallest absolute Gasteiger partial charge is 0.251 e. The molecule has 1 atom stereocenters. The predicted octanol–water partition coefficient (Wildman–Crippen LogP) is 0.286. The van der Waals surface area contributed by atoms with E-state index in [0.717, 1.165) is 6.42 Å². The van der Waals surface area contributed by atoms with Gasteiger partial charge >= 0.3 is 0 Å². The van der Waals surface area contributed by atoms with E-state index in [4.69, 9.17) is 10.5 Å². The van der Waals surface area contributed by atoms with E-state index in [-0.39, 0.29) is 17.9 Å². The fraction of sp³-hybridized carbons (Fsp3) is 0.385. The quantitative estimate of drug-likeness (QED) is 0.680. The van der Waals surface area contributed by atoms with Gasteiger partial charge in [-0.1, -0.05) is 0 Å². The van der Waals surface area contributed by atoms with Crippen molar-refractivity contribution >= 4 is 17.5 Å². The molecule has 102 valence electrons. The Bertz CT molecular complexity index is 502. The first-order valence-electron chi connectivity index (χ1n) is 6.11. The summed E-state index contributed by atoms with van der Waals surface area (Å²) in [5, 5.41) is 5.57. The number of rotatable bonds is 4. The minimum atomic E-state index is -0.212. The third-order valence-corrected chi connectivity index (χ3v) is 3.09. The van der Waals surface area contributed by atoms with E-state index >= 15 is 0 Å². The van der Waals surface area contributed by atoms with Gasteiger partial charge in [-0.05, 0) is 24.6 Å². The molecule has 6 heteroatoms. The van der Waals surface area contributed by atoms with Gasteiger partial charge in [-0.25, -0.2) is 0 Å². The zero-order chi connectivity index (χ0) is 13.8. The number of nitrogens with two attached hydrogens (primary N) is 1. The van der Waals surface area contributed by atoms with Crippen molar-refractivity contribution in [1.29, 1.82) is 0 Å². The summed E-state index contributed by atoms with van der Waals surface area (Å²) >= 11 is 0. The minimum absolute atomic E-state index is 0.0204. The number of nitrogen functional groups attached to an aromatic ring is 1. The van der Waals surface area contributed by atoms with Gasteiger partial charge in [-0.2, -0.15) is 0 Å². The second-order valence-corrected chi connectivity index (χ2v) is 4.47. The highest BCUT2D eigenvalue weighted by Gasteiger charge is 2.21. The number of amides is 2. The SMILES string of the molecule is COc1ccc(C(=O)NCC2CCC(=O)N2)cc1N. The number of ether oxygens (including phenoxy) is 1. The average Bonchev–Trinajstić information content (AvgIpc) is 2.81. The average molecular weight is 263 g/mol. The number of hydrogen-bond donors (Lipinski definition) is 3. The molecule has 19 heavy (non-hydrogen) atoms. The van der Waals surface area contributed by atoms with Crippen LogP contribution in [0.5, 0.6) is 5.75 Å². The largest absolute Gasteiger partial charge is 0.495 e. The summed E-state index contributed by atoms with van der Waals surface area (Å²) in [5.74, 6) is 0.364. The van der Waals surface area contributed by atoms with Crippen molar-refractivity contribution in [3.63, 3.8) is 0 Å². The lowest BCUT2D eigenvalue weighted by Gasteiger charge is -2.12. The number of carbonyl (C=O) groups excluding carboxylic acids is 2. The molecule has 0 aromatic heterocycles. The predicted molar refractivity (Wildman–Crippen MR) is 70.9 cm³/mol. The van der Waals surface area contributed by atoms with Crippen LogP contribution in [0, 0.1) is 0 Å². The molecule has 4 N–H and O–H groups in total. The summed E-state index contributed by atoms with van der Waals surface area (Å²) in [6.07, 6.45) is 1.28. The van der Waals surface area contributed by atoms with Crippen molar-refractivity contribution in [3.8, 4) is 5.75 Å². The molecule has 1 fully saturated rings. The highest BCUT2D eigenvalue weighted by Crippen LogP contribution is 2.21. The molecule has 0 spiro atoms. The van der Waals surface area contributed by atoms with Gasteiger partial charge in [0.1, 0.15) is 5.75 Å². The van der Waals surface area contributed by atoms with E-state index in [1.54, 1.807) is 18.2 Å². The van der Waals surface area contributed by atoms with Crippen LogP contribution < -0.4 is 21.1 Å². The Labute approximate surface area is 111 Å². The fourth-order valence-corrected chi connectivity index (χ4v) is 2.02. The Morgan fingerprint density at radius 2 is 2.37 bits per heavy atom. The molecule has 0 aliphatic carbocycles. The topological polar surface area (TPSA) is 93.4 Å². The van der Waals surface area contributed by atoms with Gasteiger partial charge < -0.3 is 21.1 Å². The Kier molecular flexibility index (Phi) is 3.89. The molecule has 1 unspecified atom stereocenters. The Hall–Kier alpha value is -2.24. The molecule has 1 aliphatic rings. The Morgan fingerprint density at radius 1 is 1.58 bits per heavy atom. The summed E-state index contributed by atoms with van der Waals surface area (Å²) in [6.45, 7) is 0.427. The minimum Gasteiger partial charge on any atom is -0.495 e. The van der Waals surface area contributed by atoms with E-state index in [1.807, 2.05) is 0 Å². The van der Waals surface area contributed by atoms with Gasteiger partial charge in [0, 0.05) is 24.6 Å². The first kappa shape index (κ1) is 13.2. The Balaban J connectivity index is 1.92. The summed E-state index contributed by atoms with van der Waals surface area (Å²) in [7, 11) is 1.52. The van der Waals surface area contributed by atoms with Crippen LogP contribution in [0.3, 0.4) is 0 Å². The van der Waals surface area contributed by atoms with Crippen molar-refractivity contribution in [1.82, 2.24) is 10.6 Å². The van der Waals surface area contributed by atoms with Crippen LogP contribution in [0.2, 0.25) is 0 Å². The van der Waals surface area contributed by atoms with Gasteiger partial charge in [0.05, 0.1) is 12.8 Å². The first-order valence-corrected chi connectivity index (χ1v) is 6.11. The molecule has 0 radical (unpaired) electrons. The zero-order valence-electron chi connectivity index (χ0n) is 10.7. The van der Waals surface area contributed by atoms with Gasteiger partial charge in [-0.15, -0.1) is 0 Å². The molecular formula is C13H17N3O3. The molecule has 0 bridgehead atoms. The fourth-order valence-electron chi connectivity index (χ4n) is 2.02. The third kappa shape index (κ3) is 3.15. The lowest BCUT2D eigenvalue weighted by atomic mass is 10.1. The van der Waals surface area contributed by atoms with Crippen LogP contribution in [0.1, 0.15) is 23.2 Å². The molecule has 1 saturated heterocycles. The number of nitrogens with one attached hydrogen (secondary N) is 2. The van der Waals surface area contributed by atoms with Crippen molar-refractivity contribution < 1.29 is 14.3 Å². The second kappa shape index (κ2) is 5.60. The van der Waals surface area contributed by atoms with Crippen LogP contribution in [0.4, 0.5) is 5.69 Å². The molecule has 6 nitrogen and oxygen atoms in total. The van der Waals surface area contributed by atoms with Crippen molar-refractivity contribution in [2.24, 2.45) is 0 Å². The van der Waals surface area contributed by atoms with E-state index in [9.17, 15) is 9.59 Å². The van der Waals surface area contributed by atoms with E-state index in [2.05, 4.69) is 10.6 Å². The molecule has 0 saturated carbocycles. The van der Waals surface area contributed by atoms with E-state index in [1.165, 1.54) is 7.11 Å². The molecule has 1 aromatic carbocycles. The third-order valence-electron chi connectivity index (χ3n) is 3.09. The summed E-state index contributed by atoms with van der Waals surface area (Å²) in [5.41, 5.74) is 6.64.